The molecule has 2 aromatic rings. The first kappa shape index (κ1) is 17.8. The van der Waals surface area contributed by atoms with Crippen LogP contribution in [0.2, 0.25) is 0 Å². The number of halogens is 4. The summed E-state index contributed by atoms with van der Waals surface area (Å²) >= 11 is 4.94. The fraction of sp³-hybridized carbons (Fsp3) is 0.375. The smallest absolute Gasteiger partial charge is 0.365 e. The summed E-state index contributed by atoms with van der Waals surface area (Å²) in [5.74, 6) is -0.463. The van der Waals surface area contributed by atoms with E-state index in [1.54, 1.807) is 0 Å². The molecule has 0 spiro atoms. The second-order valence-electron chi connectivity index (χ2n) is 5.85. The second kappa shape index (κ2) is 6.72. The SMILES string of the molecule is O=c1[nH]c(=S)[nH]c2c1C(c1ccc(F)cc1)OC(CCC(F)(F)F)C2. The first-order chi connectivity index (χ1) is 11.7. The maximum atomic E-state index is 13.2. The molecule has 0 aliphatic carbocycles. The fourth-order valence-corrected chi connectivity index (χ4v) is 3.11. The molecule has 0 bridgehead atoms. The van der Waals surface area contributed by atoms with Crippen LogP contribution < -0.4 is 5.56 Å². The van der Waals surface area contributed by atoms with Crippen LogP contribution in [0.3, 0.4) is 0 Å². The number of hydrogen-bond acceptors (Lipinski definition) is 3. The maximum Gasteiger partial charge on any atom is 0.389 e. The minimum absolute atomic E-state index is 0.0954. The standard InChI is InChI=1S/C16H14F4N2O2S/c17-9-3-1-8(2-4-9)13-12-11(21-15(25)22-14(12)23)7-10(24-13)5-6-16(18,19)20/h1-4,10,13H,5-7H2,(H2,21,22,23,25). The fourth-order valence-electron chi connectivity index (χ4n) is 2.90. The Morgan fingerprint density at radius 3 is 2.52 bits per heavy atom. The molecule has 1 aromatic carbocycles. The Hall–Kier alpha value is -2.00. The lowest BCUT2D eigenvalue weighted by Crippen LogP contribution is -2.34. The van der Waals surface area contributed by atoms with Crippen LogP contribution in [-0.2, 0) is 11.2 Å². The van der Waals surface area contributed by atoms with E-state index in [9.17, 15) is 22.4 Å². The van der Waals surface area contributed by atoms with Crippen LogP contribution in [0.1, 0.15) is 35.8 Å². The number of nitrogens with one attached hydrogen (secondary N) is 2. The summed E-state index contributed by atoms with van der Waals surface area (Å²) in [6, 6.07) is 5.29. The van der Waals surface area contributed by atoms with Crippen molar-refractivity contribution >= 4 is 12.2 Å². The zero-order valence-corrected chi connectivity index (χ0v) is 13.6. The quantitative estimate of drug-likeness (QED) is 0.632. The van der Waals surface area contributed by atoms with Gasteiger partial charge in [0.1, 0.15) is 11.9 Å². The van der Waals surface area contributed by atoms with Gasteiger partial charge >= 0.3 is 6.18 Å². The van der Waals surface area contributed by atoms with Gasteiger partial charge in [0.2, 0.25) is 0 Å². The Labute approximate surface area is 144 Å². The monoisotopic (exact) mass is 374 g/mol. The molecule has 25 heavy (non-hydrogen) atoms. The molecule has 3 rings (SSSR count). The Balaban J connectivity index is 1.99. The van der Waals surface area contributed by atoms with Crippen LogP contribution in [0.5, 0.6) is 0 Å². The number of ether oxygens (including phenoxy) is 1. The third-order valence-corrected chi connectivity index (χ3v) is 4.21. The molecule has 0 saturated heterocycles. The number of H-pyrrole nitrogens is 2. The molecule has 1 aromatic heterocycles. The van der Waals surface area contributed by atoms with Crippen molar-refractivity contribution in [2.45, 2.75) is 37.6 Å². The summed E-state index contributed by atoms with van der Waals surface area (Å²) in [6.45, 7) is 0. The Bertz CT molecular complexity index is 873. The molecule has 1 aliphatic heterocycles. The van der Waals surface area contributed by atoms with E-state index in [1.165, 1.54) is 24.3 Å². The summed E-state index contributed by atoms with van der Waals surface area (Å²) in [5.41, 5.74) is 0.711. The maximum absolute atomic E-state index is 13.2. The van der Waals surface area contributed by atoms with Crippen molar-refractivity contribution in [3.63, 3.8) is 0 Å². The van der Waals surface area contributed by atoms with Crippen LogP contribution in [-0.4, -0.2) is 22.2 Å². The van der Waals surface area contributed by atoms with Gasteiger partial charge in [-0.15, -0.1) is 0 Å². The summed E-state index contributed by atoms with van der Waals surface area (Å²) in [4.78, 5) is 17.6. The average Bonchev–Trinajstić information content (AvgIpc) is 2.51. The van der Waals surface area contributed by atoms with E-state index < -0.39 is 36.2 Å². The van der Waals surface area contributed by atoms with Crippen molar-refractivity contribution in [2.24, 2.45) is 0 Å². The van der Waals surface area contributed by atoms with Crippen molar-refractivity contribution < 1.29 is 22.3 Å². The molecular formula is C16H14F4N2O2S. The number of aromatic nitrogens is 2. The normalized spacial score (nSPS) is 20.3. The Morgan fingerprint density at radius 1 is 1.20 bits per heavy atom. The van der Waals surface area contributed by atoms with Gasteiger partial charge in [0.05, 0.1) is 11.7 Å². The number of rotatable bonds is 3. The minimum Gasteiger partial charge on any atom is -0.365 e. The first-order valence-corrected chi connectivity index (χ1v) is 7.97. The molecule has 2 N–H and O–H groups in total. The van der Waals surface area contributed by atoms with Gasteiger partial charge in [-0.25, -0.2) is 4.39 Å². The highest BCUT2D eigenvalue weighted by Gasteiger charge is 2.35. The van der Waals surface area contributed by atoms with Gasteiger partial charge in [0.25, 0.3) is 5.56 Å². The summed E-state index contributed by atoms with van der Waals surface area (Å²) in [5, 5.41) is 0. The number of aromatic amines is 2. The van der Waals surface area contributed by atoms with E-state index in [-0.39, 0.29) is 23.2 Å². The molecule has 0 radical (unpaired) electrons. The van der Waals surface area contributed by atoms with Gasteiger partial charge in [-0.2, -0.15) is 13.2 Å². The first-order valence-electron chi connectivity index (χ1n) is 7.56. The predicted octanol–water partition coefficient (Wildman–Crippen LogP) is 3.94. The van der Waals surface area contributed by atoms with Crippen LogP contribution >= 0.6 is 12.2 Å². The zero-order chi connectivity index (χ0) is 18.2. The predicted molar refractivity (Wildman–Crippen MR) is 84.4 cm³/mol. The van der Waals surface area contributed by atoms with E-state index in [4.69, 9.17) is 17.0 Å². The van der Waals surface area contributed by atoms with Crippen molar-refractivity contribution in [1.29, 1.82) is 0 Å². The van der Waals surface area contributed by atoms with Crippen LogP contribution in [0.25, 0.3) is 0 Å². The topological polar surface area (TPSA) is 57.9 Å². The molecule has 4 nitrogen and oxygen atoms in total. The largest absolute Gasteiger partial charge is 0.389 e. The second-order valence-corrected chi connectivity index (χ2v) is 6.26. The number of fused-ring (bicyclic) bond motifs is 1. The molecular weight excluding hydrogens is 360 g/mol. The minimum atomic E-state index is -4.30. The highest BCUT2D eigenvalue weighted by molar-refractivity contribution is 7.71. The highest BCUT2D eigenvalue weighted by atomic mass is 32.1. The van der Waals surface area contributed by atoms with Crippen molar-refractivity contribution in [3.8, 4) is 0 Å². The lowest BCUT2D eigenvalue weighted by molar-refractivity contribution is -0.144. The van der Waals surface area contributed by atoms with E-state index in [0.717, 1.165) is 0 Å². The summed E-state index contributed by atoms with van der Waals surface area (Å²) < 4.78 is 56.6. The van der Waals surface area contributed by atoms with Crippen LogP contribution in [0.15, 0.2) is 29.1 Å². The van der Waals surface area contributed by atoms with Gasteiger partial charge in [-0.1, -0.05) is 12.1 Å². The molecule has 0 amide bonds. The van der Waals surface area contributed by atoms with Gasteiger partial charge in [0, 0.05) is 18.5 Å². The molecule has 2 atom stereocenters. The molecule has 0 saturated carbocycles. The third-order valence-electron chi connectivity index (χ3n) is 4.01. The van der Waals surface area contributed by atoms with Gasteiger partial charge < -0.3 is 9.72 Å². The van der Waals surface area contributed by atoms with Crippen molar-refractivity contribution in [3.05, 3.63) is 62.0 Å². The molecule has 1 aliphatic rings. The Morgan fingerprint density at radius 2 is 1.88 bits per heavy atom. The average molecular weight is 374 g/mol. The summed E-state index contributed by atoms with van der Waals surface area (Å²) in [6.07, 6.45) is -7.04. The van der Waals surface area contributed by atoms with Crippen molar-refractivity contribution in [2.75, 3.05) is 0 Å². The van der Waals surface area contributed by atoms with E-state index in [1.807, 2.05) is 0 Å². The third kappa shape index (κ3) is 4.16. The van der Waals surface area contributed by atoms with Crippen LogP contribution in [0.4, 0.5) is 17.6 Å². The lowest BCUT2D eigenvalue weighted by atomic mass is 9.93. The van der Waals surface area contributed by atoms with E-state index in [0.29, 0.717) is 11.3 Å². The van der Waals surface area contributed by atoms with Gasteiger partial charge in [0.15, 0.2) is 4.77 Å². The van der Waals surface area contributed by atoms with Crippen molar-refractivity contribution in [1.82, 2.24) is 9.97 Å². The Kier molecular flexibility index (Phi) is 4.79. The van der Waals surface area contributed by atoms with Crippen LogP contribution in [0, 0.1) is 10.6 Å². The van der Waals surface area contributed by atoms with E-state index >= 15 is 0 Å². The molecule has 2 unspecified atom stereocenters. The van der Waals surface area contributed by atoms with Gasteiger partial charge in [-0.3, -0.25) is 9.78 Å². The zero-order valence-electron chi connectivity index (χ0n) is 12.8. The molecule has 9 heteroatoms. The number of alkyl halides is 3. The molecule has 134 valence electrons. The van der Waals surface area contributed by atoms with Gasteiger partial charge in [-0.05, 0) is 36.3 Å². The lowest BCUT2D eigenvalue weighted by Gasteiger charge is -2.32. The highest BCUT2D eigenvalue weighted by Crippen LogP contribution is 2.35. The number of benzene rings is 1. The summed E-state index contributed by atoms with van der Waals surface area (Å²) in [7, 11) is 0. The number of hydrogen-bond donors (Lipinski definition) is 2. The molecule has 0 fully saturated rings. The van der Waals surface area contributed by atoms with E-state index in [2.05, 4.69) is 9.97 Å². The molecule has 2 heterocycles.